The van der Waals surface area contributed by atoms with E-state index in [4.69, 9.17) is 9.47 Å². The lowest BCUT2D eigenvalue weighted by Gasteiger charge is -2.10. The summed E-state index contributed by atoms with van der Waals surface area (Å²) < 4.78 is 12.1. The van der Waals surface area contributed by atoms with Gasteiger partial charge in [0.1, 0.15) is 6.73 Å². The van der Waals surface area contributed by atoms with Crippen molar-refractivity contribution in [2.45, 2.75) is 19.3 Å². The maximum Gasteiger partial charge on any atom is 0.270 e. The summed E-state index contributed by atoms with van der Waals surface area (Å²) in [5, 5.41) is 0. The van der Waals surface area contributed by atoms with E-state index in [0.717, 1.165) is 13.0 Å². The first-order valence-corrected chi connectivity index (χ1v) is 4.56. The minimum absolute atomic E-state index is 0.120. The molecule has 0 spiro atoms. The third kappa shape index (κ3) is 2.18. The molecule has 1 aromatic heterocycles. The Morgan fingerprint density at radius 3 is 3.36 bits per heavy atom. The van der Waals surface area contributed by atoms with Crippen LogP contribution in [0.2, 0.25) is 0 Å². The van der Waals surface area contributed by atoms with E-state index in [1.807, 2.05) is 0 Å². The van der Waals surface area contributed by atoms with Crippen molar-refractivity contribution in [2.75, 3.05) is 13.2 Å². The summed E-state index contributed by atoms with van der Waals surface area (Å²) >= 11 is 0. The van der Waals surface area contributed by atoms with Gasteiger partial charge in [-0.05, 0) is 6.42 Å². The molecule has 0 bridgehead atoms. The van der Waals surface area contributed by atoms with Gasteiger partial charge < -0.3 is 9.47 Å². The van der Waals surface area contributed by atoms with Gasteiger partial charge in [-0.3, -0.25) is 14.3 Å². The summed E-state index contributed by atoms with van der Waals surface area (Å²) in [5.41, 5.74) is -0.147. The van der Waals surface area contributed by atoms with Crippen LogP contribution in [-0.2, 0) is 16.2 Å². The molecular weight excluding hydrogens is 184 g/mol. The number of rotatable bonds is 3. The zero-order valence-corrected chi connectivity index (χ0v) is 7.76. The minimum Gasteiger partial charge on any atom is -0.379 e. The largest absolute Gasteiger partial charge is 0.379 e. The van der Waals surface area contributed by atoms with Gasteiger partial charge in [-0.25, -0.2) is 0 Å². The molecule has 1 aliphatic rings. The second-order valence-electron chi connectivity index (χ2n) is 3.17. The van der Waals surface area contributed by atoms with Gasteiger partial charge in [0, 0.05) is 19.0 Å². The lowest BCUT2D eigenvalue weighted by molar-refractivity contribution is 0.000326. The van der Waals surface area contributed by atoms with Crippen molar-refractivity contribution in [2.24, 2.45) is 0 Å². The lowest BCUT2D eigenvalue weighted by Crippen LogP contribution is -2.23. The predicted molar refractivity (Wildman–Crippen MR) is 48.8 cm³/mol. The van der Waals surface area contributed by atoms with Crippen LogP contribution in [0, 0.1) is 0 Å². The Labute approximate surface area is 81.3 Å². The van der Waals surface area contributed by atoms with E-state index in [9.17, 15) is 4.79 Å². The molecule has 1 saturated heterocycles. The summed E-state index contributed by atoms with van der Waals surface area (Å²) in [7, 11) is 0. The summed E-state index contributed by atoms with van der Waals surface area (Å²) in [4.78, 5) is 14.9. The third-order valence-electron chi connectivity index (χ3n) is 2.14. The second-order valence-corrected chi connectivity index (χ2v) is 3.17. The number of nitrogens with zero attached hydrogens (tertiary/aromatic N) is 2. The third-order valence-corrected chi connectivity index (χ3v) is 2.14. The van der Waals surface area contributed by atoms with E-state index in [-0.39, 0.29) is 18.4 Å². The molecular formula is C9H12N2O3. The van der Waals surface area contributed by atoms with Crippen molar-refractivity contribution >= 4 is 0 Å². The first-order valence-electron chi connectivity index (χ1n) is 4.56. The van der Waals surface area contributed by atoms with Crippen LogP contribution in [0.3, 0.4) is 0 Å². The molecule has 0 radical (unpaired) electrons. The van der Waals surface area contributed by atoms with Crippen molar-refractivity contribution in [1.29, 1.82) is 0 Å². The van der Waals surface area contributed by atoms with Crippen LogP contribution in [-0.4, -0.2) is 28.9 Å². The number of hydrogen-bond acceptors (Lipinski definition) is 4. The lowest BCUT2D eigenvalue weighted by atomic mass is 10.3. The monoisotopic (exact) mass is 196 g/mol. The first-order chi connectivity index (χ1) is 6.86. The van der Waals surface area contributed by atoms with Gasteiger partial charge in [0.2, 0.25) is 0 Å². The molecule has 0 saturated carbocycles. The number of hydrogen-bond donors (Lipinski definition) is 0. The Kier molecular flexibility index (Phi) is 2.90. The van der Waals surface area contributed by atoms with E-state index in [1.165, 1.54) is 10.8 Å². The molecule has 1 aliphatic heterocycles. The van der Waals surface area contributed by atoms with Crippen LogP contribution in [0.25, 0.3) is 0 Å². The summed E-state index contributed by atoms with van der Waals surface area (Å²) in [6.07, 6.45) is 5.47. The normalized spacial score (nSPS) is 21.3. The molecule has 1 aromatic rings. The highest BCUT2D eigenvalue weighted by molar-refractivity contribution is 4.79. The smallest absolute Gasteiger partial charge is 0.270 e. The van der Waals surface area contributed by atoms with Crippen molar-refractivity contribution in [3.63, 3.8) is 0 Å². The van der Waals surface area contributed by atoms with Gasteiger partial charge in [-0.15, -0.1) is 0 Å². The quantitative estimate of drug-likeness (QED) is 0.683. The maximum atomic E-state index is 11.2. The zero-order valence-electron chi connectivity index (χ0n) is 7.76. The molecule has 5 heteroatoms. The molecule has 14 heavy (non-hydrogen) atoms. The maximum absolute atomic E-state index is 11.2. The highest BCUT2D eigenvalue weighted by atomic mass is 16.5. The van der Waals surface area contributed by atoms with Crippen LogP contribution in [0.15, 0.2) is 23.4 Å². The van der Waals surface area contributed by atoms with E-state index in [0.29, 0.717) is 6.61 Å². The van der Waals surface area contributed by atoms with Crippen LogP contribution in [0.4, 0.5) is 0 Å². The Balaban J connectivity index is 1.91. The predicted octanol–water partition coefficient (Wildman–Crippen LogP) is 0.00630. The van der Waals surface area contributed by atoms with Gasteiger partial charge in [0.15, 0.2) is 0 Å². The molecule has 0 amide bonds. The number of aromatic nitrogens is 2. The molecule has 2 rings (SSSR count). The van der Waals surface area contributed by atoms with Crippen LogP contribution >= 0.6 is 0 Å². The van der Waals surface area contributed by atoms with E-state index >= 15 is 0 Å². The standard InChI is InChI=1S/C9H12N2O3/c12-9-5-10-2-3-11(9)7-14-8-1-4-13-6-8/h2-3,5,8H,1,4,6-7H2. The highest BCUT2D eigenvalue weighted by Crippen LogP contribution is 2.07. The Morgan fingerprint density at radius 1 is 1.71 bits per heavy atom. The number of ether oxygens (including phenoxy) is 2. The average Bonchev–Trinajstić information content (AvgIpc) is 2.69. The van der Waals surface area contributed by atoms with E-state index in [2.05, 4.69) is 4.98 Å². The van der Waals surface area contributed by atoms with Gasteiger partial charge in [0.25, 0.3) is 5.56 Å². The Bertz CT molecular complexity index is 344. The zero-order chi connectivity index (χ0) is 9.80. The topological polar surface area (TPSA) is 53.4 Å². The molecule has 0 aromatic carbocycles. The minimum atomic E-state index is -0.147. The van der Waals surface area contributed by atoms with Gasteiger partial charge in [0.05, 0.1) is 18.9 Å². The van der Waals surface area contributed by atoms with Gasteiger partial charge >= 0.3 is 0 Å². The van der Waals surface area contributed by atoms with Crippen LogP contribution in [0.1, 0.15) is 6.42 Å². The molecule has 5 nitrogen and oxygen atoms in total. The summed E-state index contributed by atoms with van der Waals surface area (Å²) in [6.45, 7) is 1.64. The molecule has 0 aliphatic carbocycles. The second kappa shape index (κ2) is 4.34. The van der Waals surface area contributed by atoms with E-state index in [1.54, 1.807) is 12.4 Å². The highest BCUT2D eigenvalue weighted by Gasteiger charge is 2.15. The Morgan fingerprint density at radius 2 is 2.64 bits per heavy atom. The molecule has 1 fully saturated rings. The Hall–Kier alpha value is -1.20. The van der Waals surface area contributed by atoms with Gasteiger partial charge in [-0.2, -0.15) is 0 Å². The van der Waals surface area contributed by atoms with Crippen molar-refractivity contribution < 1.29 is 9.47 Å². The summed E-state index contributed by atoms with van der Waals surface area (Å²) in [6, 6.07) is 0. The van der Waals surface area contributed by atoms with Crippen molar-refractivity contribution in [3.05, 3.63) is 28.9 Å². The SMILES string of the molecule is O=c1cnccn1COC1CCOC1. The fraction of sp³-hybridized carbons (Fsp3) is 0.556. The van der Waals surface area contributed by atoms with Crippen molar-refractivity contribution in [3.8, 4) is 0 Å². The summed E-state index contributed by atoms with van der Waals surface area (Å²) in [5.74, 6) is 0. The van der Waals surface area contributed by atoms with Crippen molar-refractivity contribution in [1.82, 2.24) is 9.55 Å². The van der Waals surface area contributed by atoms with Crippen LogP contribution < -0.4 is 5.56 Å². The fourth-order valence-electron chi connectivity index (χ4n) is 1.31. The first kappa shape index (κ1) is 9.36. The molecule has 2 heterocycles. The molecule has 0 N–H and O–H groups in total. The fourth-order valence-corrected chi connectivity index (χ4v) is 1.31. The molecule has 1 atom stereocenters. The average molecular weight is 196 g/mol. The molecule has 1 unspecified atom stereocenters. The van der Waals surface area contributed by atoms with Crippen LogP contribution in [0.5, 0.6) is 0 Å². The molecule has 76 valence electrons. The van der Waals surface area contributed by atoms with Gasteiger partial charge in [-0.1, -0.05) is 0 Å². The van der Waals surface area contributed by atoms with E-state index < -0.39 is 0 Å².